The molecule has 0 aliphatic heterocycles. The van der Waals surface area contributed by atoms with E-state index < -0.39 is 9.84 Å². The van der Waals surface area contributed by atoms with E-state index >= 15 is 0 Å². The number of benzene rings is 1. The lowest BCUT2D eigenvalue weighted by Crippen LogP contribution is -2.20. The third-order valence-electron chi connectivity index (χ3n) is 4.46. The number of carbonyl (C=O) groups is 1. The van der Waals surface area contributed by atoms with E-state index in [1.54, 1.807) is 43.6 Å². The van der Waals surface area contributed by atoms with Gasteiger partial charge in [-0.25, -0.2) is 8.42 Å². The number of hydrogen-bond donors (Lipinski definition) is 0. The predicted octanol–water partition coefficient (Wildman–Crippen LogP) is 3.46. The predicted molar refractivity (Wildman–Crippen MR) is 107 cm³/mol. The lowest BCUT2D eigenvalue weighted by Gasteiger charge is -2.15. The fourth-order valence-corrected chi connectivity index (χ4v) is 4.32. The van der Waals surface area contributed by atoms with Gasteiger partial charge in [-0.1, -0.05) is 12.5 Å². The van der Waals surface area contributed by atoms with E-state index in [0.29, 0.717) is 38.0 Å². The zero-order valence-electron chi connectivity index (χ0n) is 16.3. The second-order valence-corrected chi connectivity index (χ2v) is 8.61. The third kappa shape index (κ3) is 6.64. The van der Waals surface area contributed by atoms with Crippen molar-refractivity contribution in [2.24, 2.45) is 5.92 Å². The van der Waals surface area contributed by atoms with Crippen molar-refractivity contribution in [2.45, 2.75) is 37.5 Å². The van der Waals surface area contributed by atoms with Crippen molar-refractivity contribution < 1.29 is 22.7 Å². The van der Waals surface area contributed by atoms with Gasteiger partial charge in [-0.3, -0.25) is 9.78 Å². The number of nitrogens with zero attached hydrogens (tertiary/aromatic N) is 1. The Morgan fingerprint density at radius 2 is 1.89 bits per heavy atom. The average Bonchev–Trinajstić information content (AvgIpc) is 2.71. The van der Waals surface area contributed by atoms with Crippen LogP contribution in [-0.2, 0) is 25.8 Å². The summed E-state index contributed by atoms with van der Waals surface area (Å²) in [4.78, 5) is 16.6. The van der Waals surface area contributed by atoms with Crippen LogP contribution in [-0.4, -0.2) is 38.8 Å². The lowest BCUT2D eigenvalue weighted by atomic mass is 9.95. The summed E-state index contributed by atoms with van der Waals surface area (Å²) in [6.07, 6.45) is 5.65. The molecule has 0 amide bonds. The highest BCUT2D eigenvalue weighted by Crippen LogP contribution is 2.20. The fraction of sp³-hybridized carbons (Fsp3) is 0.429. The van der Waals surface area contributed by atoms with Crippen molar-refractivity contribution in [3.8, 4) is 5.75 Å². The molecular weight excluding hydrogens is 378 g/mol. The summed E-state index contributed by atoms with van der Waals surface area (Å²) in [6.45, 7) is 2.11. The largest absolute Gasteiger partial charge is 0.497 e. The van der Waals surface area contributed by atoms with Crippen molar-refractivity contribution in [3.63, 3.8) is 0 Å². The first-order chi connectivity index (χ1) is 13.5. The molecule has 7 heteroatoms. The van der Waals surface area contributed by atoms with E-state index in [-0.39, 0.29) is 22.5 Å². The molecule has 0 bridgehead atoms. The van der Waals surface area contributed by atoms with Crippen molar-refractivity contribution >= 4 is 15.8 Å². The molecule has 0 aliphatic carbocycles. The molecule has 1 atom stereocenters. The number of sulfone groups is 1. The molecule has 152 valence electrons. The number of aromatic nitrogens is 1. The Morgan fingerprint density at radius 1 is 1.14 bits per heavy atom. The van der Waals surface area contributed by atoms with Gasteiger partial charge in [-0.2, -0.15) is 0 Å². The molecule has 6 nitrogen and oxygen atoms in total. The number of methoxy groups -OCH3 is 1. The minimum Gasteiger partial charge on any atom is -0.497 e. The summed E-state index contributed by atoms with van der Waals surface area (Å²) < 4.78 is 35.2. The molecule has 2 aromatic rings. The number of esters is 1. The number of pyridine rings is 1. The Hall–Kier alpha value is -2.41. The quantitative estimate of drug-likeness (QED) is 0.421. The van der Waals surface area contributed by atoms with Crippen LogP contribution >= 0.6 is 0 Å². The van der Waals surface area contributed by atoms with E-state index in [1.807, 2.05) is 12.1 Å². The summed E-state index contributed by atoms with van der Waals surface area (Å²) in [5, 5.41) is 0. The van der Waals surface area contributed by atoms with Crippen LogP contribution < -0.4 is 4.74 Å². The van der Waals surface area contributed by atoms with Crippen molar-refractivity contribution in [3.05, 3.63) is 54.4 Å². The molecule has 28 heavy (non-hydrogen) atoms. The normalized spacial score (nSPS) is 12.4. The Bertz CT molecular complexity index is 835. The van der Waals surface area contributed by atoms with Gasteiger partial charge < -0.3 is 9.47 Å². The minimum atomic E-state index is -3.35. The first-order valence-electron chi connectivity index (χ1n) is 9.38. The maximum Gasteiger partial charge on any atom is 0.309 e. The maximum atomic E-state index is 12.5. The summed E-state index contributed by atoms with van der Waals surface area (Å²) >= 11 is 0. The Labute approximate surface area is 166 Å². The van der Waals surface area contributed by atoms with Crippen LogP contribution in [0.3, 0.4) is 0 Å². The van der Waals surface area contributed by atoms with Crippen molar-refractivity contribution in [1.82, 2.24) is 4.98 Å². The molecule has 0 saturated carbocycles. The monoisotopic (exact) mass is 405 g/mol. The van der Waals surface area contributed by atoms with E-state index in [0.717, 1.165) is 5.56 Å². The molecule has 0 aliphatic rings. The van der Waals surface area contributed by atoms with Gasteiger partial charge >= 0.3 is 5.97 Å². The second kappa shape index (κ2) is 10.8. The molecule has 1 aromatic carbocycles. The highest BCUT2D eigenvalue weighted by Gasteiger charge is 2.21. The molecule has 0 saturated heterocycles. The summed E-state index contributed by atoms with van der Waals surface area (Å²) in [5.74, 6) is 0.116. The molecule has 0 spiro atoms. The number of ether oxygens (including phenoxy) is 2. The minimum absolute atomic E-state index is 0.0434. The standard InChI is InChI=1S/C21H27NO5S/c1-3-27-21(23)18(15-17-7-6-13-22-16-17)8-4-5-14-28(24,25)20-11-9-19(26-2)10-12-20/h6-7,9-13,16,18H,3-5,8,14-15H2,1-2H3. The number of unbranched alkanes of at least 4 members (excludes halogenated alkanes) is 1. The van der Waals surface area contributed by atoms with Gasteiger partial charge in [0.1, 0.15) is 5.75 Å². The molecule has 1 unspecified atom stereocenters. The topological polar surface area (TPSA) is 82.6 Å². The van der Waals surface area contributed by atoms with Gasteiger partial charge in [-0.05, 0) is 62.1 Å². The van der Waals surface area contributed by atoms with Crippen LogP contribution in [0.4, 0.5) is 0 Å². The van der Waals surface area contributed by atoms with Gasteiger partial charge in [-0.15, -0.1) is 0 Å². The summed E-state index contributed by atoms with van der Waals surface area (Å²) in [6, 6.07) is 10.1. The first kappa shape index (κ1) is 21.9. The first-order valence-corrected chi connectivity index (χ1v) is 11.0. The highest BCUT2D eigenvalue weighted by atomic mass is 32.2. The molecular formula is C21H27NO5S. The van der Waals surface area contributed by atoms with Crippen molar-refractivity contribution in [2.75, 3.05) is 19.5 Å². The molecule has 1 aromatic heterocycles. The Morgan fingerprint density at radius 3 is 2.50 bits per heavy atom. The van der Waals surface area contributed by atoms with Gasteiger partial charge in [0.05, 0.1) is 30.3 Å². The summed E-state index contributed by atoms with van der Waals surface area (Å²) in [5.41, 5.74) is 0.964. The molecule has 0 N–H and O–H groups in total. The van der Waals surface area contributed by atoms with Crippen LogP contribution in [0.15, 0.2) is 53.7 Å². The molecule has 0 radical (unpaired) electrons. The van der Waals surface area contributed by atoms with E-state index in [9.17, 15) is 13.2 Å². The molecule has 0 fully saturated rings. The van der Waals surface area contributed by atoms with Gasteiger partial charge in [0.2, 0.25) is 0 Å². The number of hydrogen-bond acceptors (Lipinski definition) is 6. The SMILES string of the molecule is CCOC(=O)C(CCCCS(=O)(=O)c1ccc(OC)cc1)Cc1cccnc1. The number of rotatable bonds is 11. The van der Waals surface area contributed by atoms with Crippen LogP contribution in [0.2, 0.25) is 0 Å². The van der Waals surface area contributed by atoms with Gasteiger partial charge in [0.15, 0.2) is 9.84 Å². The molecule has 1 heterocycles. The zero-order valence-corrected chi connectivity index (χ0v) is 17.2. The Kier molecular flexibility index (Phi) is 8.44. The zero-order chi connectivity index (χ0) is 20.4. The van der Waals surface area contributed by atoms with Gasteiger partial charge in [0.25, 0.3) is 0 Å². The van der Waals surface area contributed by atoms with E-state index in [1.165, 1.54) is 7.11 Å². The third-order valence-corrected chi connectivity index (χ3v) is 6.28. The smallest absolute Gasteiger partial charge is 0.309 e. The van der Waals surface area contributed by atoms with E-state index in [2.05, 4.69) is 4.98 Å². The van der Waals surface area contributed by atoms with Crippen LogP contribution in [0.25, 0.3) is 0 Å². The van der Waals surface area contributed by atoms with Crippen LogP contribution in [0, 0.1) is 5.92 Å². The number of carbonyl (C=O) groups excluding carboxylic acids is 1. The van der Waals surface area contributed by atoms with E-state index in [4.69, 9.17) is 9.47 Å². The maximum absolute atomic E-state index is 12.5. The van der Waals surface area contributed by atoms with Gasteiger partial charge in [0, 0.05) is 12.4 Å². The molecule has 2 rings (SSSR count). The second-order valence-electron chi connectivity index (χ2n) is 6.50. The van der Waals surface area contributed by atoms with Crippen LogP contribution in [0.1, 0.15) is 31.7 Å². The Balaban J connectivity index is 1.90. The van der Waals surface area contributed by atoms with Crippen LogP contribution in [0.5, 0.6) is 5.75 Å². The lowest BCUT2D eigenvalue weighted by molar-refractivity contribution is -0.148. The fourth-order valence-electron chi connectivity index (χ4n) is 2.95. The summed E-state index contributed by atoms with van der Waals surface area (Å²) in [7, 11) is -1.82. The average molecular weight is 406 g/mol. The van der Waals surface area contributed by atoms with Crippen molar-refractivity contribution in [1.29, 1.82) is 0 Å². The highest BCUT2D eigenvalue weighted by molar-refractivity contribution is 7.91.